The van der Waals surface area contributed by atoms with Crippen molar-refractivity contribution >= 4 is 47.5 Å². The second kappa shape index (κ2) is 7.98. The van der Waals surface area contributed by atoms with Crippen molar-refractivity contribution in [3.63, 3.8) is 0 Å². The number of nitrogens with zero attached hydrogens (tertiary/aromatic N) is 3. The van der Waals surface area contributed by atoms with Crippen LogP contribution in [0.4, 0.5) is 5.69 Å². The van der Waals surface area contributed by atoms with E-state index in [1.807, 2.05) is 42.3 Å². The Bertz CT molecular complexity index is 1040. The summed E-state index contributed by atoms with van der Waals surface area (Å²) in [5.74, 6) is 0.852. The number of aliphatic imine (C=N–C) groups is 1. The first-order valence-corrected chi connectivity index (χ1v) is 11.3. The van der Waals surface area contributed by atoms with Crippen molar-refractivity contribution in [2.45, 2.75) is 17.8 Å². The summed E-state index contributed by atoms with van der Waals surface area (Å²) in [7, 11) is 2.00. The molecule has 1 unspecified atom stereocenters. The normalized spacial score (nSPS) is 20.5. The van der Waals surface area contributed by atoms with Crippen LogP contribution in [0.25, 0.3) is 5.70 Å². The number of benzene rings is 1. The fourth-order valence-electron chi connectivity index (χ4n) is 3.92. The Morgan fingerprint density at radius 3 is 2.97 bits per heavy atom. The predicted octanol–water partition coefficient (Wildman–Crippen LogP) is 1.77. The van der Waals surface area contributed by atoms with Crippen LogP contribution in [0.3, 0.4) is 0 Å². The molecule has 5 rings (SSSR count). The molecule has 9 heteroatoms. The summed E-state index contributed by atoms with van der Waals surface area (Å²) < 4.78 is 5.96. The van der Waals surface area contributed by atoms with Gasteiger partial charge < -0.3 is 25.2 Å². The number of carbonyl (C=O) groups is 1. The lowest BCUT2D eigenvalue weighted by Crippen LogP contribution is -2.46. The van der Waals surface area contributed by atoms with Gasteiger partial charge in [-0.05, 0) is 30.8 Å². The summed E-state index contributed by atoms with van der Waals surface area (Å²) in [6.07, 6.45) is 1.52. The van der Waals surface area contributed by atoms with Crippen molar-refractivity contribution in [2.24, 2.45) is 4.99 Å². The average Bonchev–Trinajstić information content (AvgIpc) is 3.20. The minimum absolute atomic E-state index is 0.105. The first-order valence-electron chi connectivity index (χ1n) is 9.94. The molecule has 4 heterocycles. The van der Waals surface area contributed by atoms with E-state index < -0.39 is 0 Å². The maximum absolute atomic E-state index is 13.0. The average molecular weight is 443 g/mol. The van der Waals surface area contributed by atoms with E-state index in [2.05, 4.69) is 33.2 Å². The SMILES string of the molecule is CN1C2=C(C=NC1Nc1cccc([SH2+])c1)OCc1sc(C(=O)N3CCNCC3)cc12. The molecule has 0 bridgehead atoms. The molecule has 2 aromatic rings. The number of ether oxygens (including phenoxy) is 1. The van der Waals surface area contributed by atoms with Crippen molar-refractivity contribution in [2.75, 3.05) is 38.5 Å². The molecule has 3 aliphatic rings. The molecular formula is C21H24N5O2S2+. The van der Waals surface area contributed by atoms with Gasteiger partial charge in [0, 0.05) is 50.5 Å². The number of carbonyl (C=O) groups excluding carboxylic acids is 1. The smallest absolute Gasteiger partial charge is 0.264 e. The van der Waals surface area contributed by atoms with Crippen LogP contribution in [-0.4, -0.2) is 61.4 Å². The molecule has 3 aliphatic heterocycles. The van der Waals surface area contributed by atoms with Crippen LogP contribution in [0, 0.1) is 0 Å². The largest absolute Gasteiger partial charge is 0.484 e. The Hall–Kier alpha value is -2.49. The molecule has 0 radical (unpaired) electrons. The third kappa shape index (κ3) is 3.57. The Balaban J connectivity index is 1.41. The molecule has 0 spiro atoms. The van der Waals surface area contributed by atoms with Crippen LogP contribution in [0.2, 0.25) is 0 Å². The second-order valence-corrected chi connectivity index (χ2v) is 9.19. The number of fused-ring (bicyclic) bond motifs is 2. The van der Waals surface area contributed by atoms with Gasteiger partial charge in [0.05, 0.1) is 21.7 Å². The van der Waals surface area contributed by atoms with Gasteiger partial charge in [-0.1, -0.05) is 6.07 Å². The number of anilines is 1. The molecule has 7 nitrogen and oxygen atoms in total. The number of hydrogen-bond acceptors (Lipinski definition) is 7. The number of allylic oxidation sites excluding steroid dienone is 1. The Kier molecular flexibility index (Phi) is 5.18. The summed E-state index contributed by atoms with van der Waals surface area (Å²) in [6, 6.07) is 10.0. The van der Waals surface area contributed by atoms with Crippen LogP contribution in [0.15, 0.2) is 46.0 Å². The zero-order valence-corrected chi connectivity index (χ0v) is 18.5. The molecule has 2 N–H and O–H groups in total. The van der Waals surface area contributed by atoms with Crippen molar-refractivity contribution in [3.05, 3.63) is 51.4 Å². The number of amides is 1. The number of thiophene rings is 1. The molecule has 1 amide bonds. The maximum Gasteiger partial charge on any atom is 0.264 e. The highest BCUT2D eigenvalue weighted by Crippen LogP contribution is 2.39. The number of rotatable bonds is 3. The summed E-state index contributed by atoms with van der Waals surface area (Å²) in [6.45, 7) is 3.65. The van der Waals surface area contributed by atoms with E-state index in [9.17, 15) is 4.79 Å². The van der Waals surface area contributed by atoms with Gasteiger partial charge in [-0.25, -0.2) is 4.99 Å². The van der Waals surface area contributed by atoms with E-state index in [1.165, 1.54) is 11.3 Å². The zero-order chi connectivity index (χ0) is 20.7. The molecule has 30 heavy (non-hydrogen) atoms. The fourth-order valence-corrected chi connectivity index (χ4v) is 5.22. The number of nitrogens with one attached hydrogen (secondary N) is 2. The lowest BCUT2D eigenvalue weighted by molar-refractivity contribution is 0.0740. The lowest BCUT2D eigenvalue weighted by Gasteiger charge is -2.35. The van der Waals surface area contributed by atoms with Crippen molar-refractivity contribution in [1.82, 2.24) is 15.1 Å². The van der Waals surface area contributed by atoms with Crippen molar-refractivity contribution in [3.8, 4) is 0 Å². The van der Waals surface area contributed by atoms with E-state index in [0.29, 0.717) is 6.61 Å². The van der Waals surface area contributed by atoms with Gasteiger partial charge in [-0.3, -0.25) is 4.79 Å². The predicted molar refractivity (Wildman–Crippen MR) is 123 cm³/mol. The highest BCUT2D eigenvalue weighted by molar-refractivity contribution is 7.58. The third-order valence-corrected chi connectivity index (χ3v) is 6.89. The first-order chi connectivity index (χ1) is 14.6. The minimum Gasteiger partial charge on any atom is -0.484 e. The molecule has 1 fully saturated rings. The number of hydrogen-bond donors (Lipinski definition) is 2. The van der Waals surface area contributed by atoms with Gasteiger partial charge >= 0.3 is 0 Å². The molecule has 0 aliphatic carbocycles. The maximum atomic E-state index is 13.0. The molecule has 156 valence electrons. The number of piperazine rings is 1. The molecule has 1 saturated heterocycles. The summed E-state index contributed by atoms with van der Waals surface area (Å²) >= 11 is 5.09. The minimum atomic E-state index is -0.265. The Morgan fingerprint density at radius 2 is 2.17 bits per heavy atom. The fraction of sp³-hybridized carbons (Fsp3) is 0.333. The van der Waals surface area contributed by atoms with Crippen molar-refractivity contribution < 1.29 is 9.53 Å². The molecular weight excluding hydrogens is 418 g/mol. The van der Waals surface area contributed by atoms with E-state index >= 15 is 0 Å². The van der Waals surface area contributed by atoms with Gasteiger partial charge in [0.15, 0.2) is 16.9 Å². The molecule has 1 atom stereocenters. The van der Waals surface area contributed by atoms with Gasteiger partial charge in [0.25, 0.3) is 5.91 Å². The van der Waals surface area contributed by atoms with Crippen LogP contribution in [0.5, 0.6) is 0 Å². The summed E-state index contributed by atoms with van der Waals surface area (Å²) in [4.78, 5) is 24.5. The van der Waals surface area contributed by atoms with E-state index in [4.69, 9.17) is 4.74 Å². The van der Waals surface area contributed by atoms with Crippen LogP contribution < -0.4 is 10.6 Å². The molecule has 0 saturated carbocycles. The van der Waals surface area contributed by atoms with Gasteiger partial charge in [0.2, 0.25) is 0 Å². The van der Waals surface area contributed by atoms with Crippen LogP contribution >= 0.6 is 11.3 Å². The van der Waals surface area contributed by atoms with Crippen molar-refractivity contribution in [1.29, 1.82) is 0 Å². The standard InChI is InChI=1S/C21H23N5O2S2/c1-25-19-15-10-17(20(27)26-7-5-22-6-8-26)30-18(15)12-28-16(19)11-23-21(25)24-13-3-2-4-14(29)9-13/h2-4,9-11,21-22,24,29H,5-8,12H2,1H3/p+1. The highest BCUT2D eigenvalue weighted by Gasteiger charge is 2.32. The van der Waals surface area contributed by atoms with E-state index in [-0.39, 0.29) is 12.2 Å². The summed E-state index contributed by atoms with van der Waals surface area (Å²) in [5, 5.41) is 6.74. The van der Waals surface area contributed by atoms with Gasteiger partial charge in [-0.2, -0.15) is 0 Å². The molecule has 1 aromatic heterocycles. The Morgan fingerprint density at radius 1 is 1.33 bits per heavy atom. The van der Waals surface area contributed by atoms with Crippen LogP contribution in [0.1, 0.15) is 20.1 Å². The quantitative estimate of drug-likeness (QED) is 0.710. The van der Waals surface area contributed by atoms with Gasteiger partial charge in [0.1, 0.15) is 6.61 Å². The Labute approximate surface area is 184 Å². The lowest BCUT2D eigenvalue weighted by atomic mass is 10.1. The second-order valence-electron chi connectivity index (χ2n) is 7.48. The topological polar surface area (TPSA) is 69.2 Å². The van der Waals surface area contributed by atoms with Crippen LogP contribution in [-0.2, 0) is 24.0 Å². The van der Waals surface area contributed by atoms with E-state index in [1.54, 1.807) is 6.21 Å². The van der Waals surface area contributed by atoms with E-state index in [0.717, 1.165) is 63.5 Å². The zero-order valence-electron chi connectivity index (χ0n) is 16.6. The highest BCUT2D eigenvalue weighted by atomic mass is 32.1. The monoisotopic (exact) mass is 442 g/mol. The molecule has 1 aromatic carbocycles. The van der Waals surface area contributed by atoms with Gasteiger partial charge in [-0.15, -0.1) is 11.3 Å². The first kappa shape index (κ1) is 19.5. The summed E-state index contributed by atoms with van der Waals surface area (Å²) in [5.41, 5.74) is 3.00. The third-order valence-electron chi connectivity index (χ3n) is 5.48.